The first-order chi connectivity index (χ1) is 10.7. The van der Waals surface area contributed by atoms with Gasteiger partial charge in [-0.2, -0.15) is 0 Å². The van der Waals surface area contributed by atoms with Crippen molar-refractivity contribution >= 4 is 15.9 Å². The Morgan fingerprint density at radius 1 is 1.27 bits per heavy atom. The van der Waals surface area contributed by atoms with E-state index in [9.17, 15) is 9.50 Å². The number of piperazine rings is 1. The summed E-state index contributed by atoms with van der Waals surface area (Å²) in [5, 5.41) is 13.7. The van der Waals surface area contributed by atoms with Gasteiger partial charge in [0, 0.05) is 55.5 Å². The molecule has 0 spiro atoms. The van der Waals surface area contributed by atoms with Gasteiger partial charge in [-0.1, -0.05) is 15.9 Å². The fourth-order valence-corrected chi connectivity index (χ4v) is 4.10. The lowest BCUT2D eigenvalue weighted by Crippen LogP contribution is -2.47. The van der Waals surface area contributed by atoms with Crippen molar-refractivity contribution < 1.29 is 14.2 Å². The molecule has 0 bridgehead atoms. The summed E-state index contributed by atoms with van der Waals surface area (Å²) < 4.78 is 20.2. The van der Waals surface area contributed by atoms with E-state index in [-0.39, 0.29) is 11.8 Å². The number of nitrogens with zero attached hydrogens (tertiary/aromatic N) is 1. The van der Waals surface area contributed by atoms with E-state index in [1.54, 1.807) is 6.07 Å². The minimum Gasteiger partial charge on any atom is -0.505 e. The fourth-order valence-electron chi connectivity index (χ4n) is 3.55. The summed E-state index contributed by atoms with van der Waals surface area (Å²) in [4.78, 5) is 2.37. The third-order valence-corrected chi connectivity index (χ3v) is 5.36. The lowest BCUT2D eigenvalue weighted by molar-refractivity contribution is 0.0203. The summed E-state index contributed by atoms with van der Waals surface area (Å²) in [6.45, 7) is 5.14. The van der Waals surface area contributed by atoms with Crippen LogP contribution >= 0.6 is 15.9 Å². The van der Waals surface area contributed by atoms with Gasteiger partial charge in [0.1, 0.15) is 0 Å². The van der Waals surface area contributed by atoms with Gasteiger partial charge >= 0.3 is 0 Å². The predicted octanol–water partition coefficient (Wildman–Crippen LogP) is 2.67. The summed E-state index contributed by atoms with van der Waals surface area (Å²) in [7, 11) is 0. The largest absolute Gasteiger partial charge is 0.505 e. The van der Waals surface area contributed by atoms with Crippen LogP contribution in [-0.2, 0) is 4.74 Å². The molecule has 122 valence electrons. The van der Waals surface area contributed by atoms with Gasteiger partial charge in [-0.3, -0.25) is 4.90 Å². The Kier molecular flexibility index (Phi) is 5.33. The number of rotatable bonds is 3. The molecule has 22 heavy (non-hydrogen) atoms. The van der Waals surface area contributed by atoms with E-state index in [2.05, 4.69) is 26.1 Å². The Hall–Kier alpha value is -0.690. The van der Waals surface area contributed by atoms with Crippen LogP contribution in [0.15, 0.2) is 16.6 Å². The second kappa shape index (κ2) is 7.25. The highest BCUT2D eigenvalue weighted by atomic mass is 79.9. The quantitative estimate of drug-likeness (QED) is 0.855. The molecule has 2 saturated heterocycles. The first-order valence-corrected chi connectivity index (χ1v) is 8.67. The van der Waals surface area contributed by atoms with Crippen LogP contribution in [0.5, 0.6) is 5.75 Å². The van der Waals surface area contributed by atoms with Crippen LogP contribution in [0.2, 0.25) is 0 Å². The van der Waals surface area contributed by atoms with Gasteiger partial charge in [0.05, 0.1) is 0 Å². The molecule has 4 nitrogen and oxygen atoms in total. The van der Waals surface area contributed by atoms with Gasteiger partial charge in [0.15, 0.2) is 11.6 Å². The molecule has 3 rings (SSSR count). The van der Waals surface area contributed by atoms with Crippen molar-refractivity contribution in [2.45, 2.75) is 18.9 Å². The van der Waals surface area contributed by atoms with E-state index < -0.39 is 5.82 Å². The van der Waals surface area contributed by atoms with Crippen molar-refractivity contribution in [2.75, 3.05) is 39.4 Å². The van der Waals surface area contributed by atoms with Crippen LogP contribution in [0, 0.1) is 11.7 Å². The van der Waals surface area contributed by atoms with Gasteiger partial charge in [0.25, 0.3) is 0 Å². The number of ether oxygens (including phenoxy) is 1. The molecule has 2 fully saturated rings. The normalized spacial score (nSPS) is 22.6. The second-order valence-corrected chi connectivity index (χ2v) is 6.83. The standard InChI is InChI=1S/C16H22BrFN2O2/c17-12-1-2-13(18)16(21)14(12)15(11-3-9-22-10-4-11)20-7-5-19-6-8-20/h1-2,11,15,19,21H,3-10H2/t15-/m1/s1. The average molecular weight is 373 g/mol. The van der Waals surface area contributed by atoms with Gasteiger partial charge in [0.2, 0.25) is 0 Å². The number of halogens is 2. The summed E-state index contributed by atoms with van der Waals surface area (Å²) in [5.41, 5.74) is 0.689. The van der Waals surface area contributed by atoms with Crippen molar-refractivity contribution in [3.05, 3.63) is 28.0 Å². The van der Waals surface area contributed by atoms with Crippen molar-refractivity contribution in [1.82, 2.24) is 10.2 Å². The Morgan fingerprint density at radius 2 is 1.95 bits per heavy atom. The number of aromatic hydroxyl groups is 1. The van der Waals surface area contributed by atoms with Crippen molar-refractivity contribution in [1.29, 1.82) is 0 Å². The highest BCUT2D eigenvalue weighted by Gasteiger charge is 2.34. The molecule has 2 N–H and O–H groups in total. The molecular formula is C16H22BrFN2O2. The first-order valence-electron chi connectivity index (χ1n) is 7.88. The molecule has 0 amide bonds. The van der Waals surface area contributed by atoms with Crippen LogP contribution in [0.3, 0.4) is 0 Å². The molecule has 6 heteroatoms. The number of benzene rings is 1. The maximum atomic E-state index is 13.9. The van der Waals surface area contributed by atoms with E-state index in [1.807, 2.05) is 0 Å². The fraction of sp³-hybridized carbons (Fsp3) is 0.625. The molecule has 1 aromatic rings. The predicted molar refractivity (Wildman–Crippen MR) is 86.5 cm³/mol. The molecule has 0 aromatic heterocycles. The van der Waals surface area contributed by atoms with E-state index in [1.165, 1.54) is 6.07 Å². The Labute approximate surface area is 138 Å². The number of nitrogens with one attached hydrogen (secondary N) is 1. The van der Waals surface area contributed by atoms with Crippen molar-refractivity contribution in [3.8, 4) is 5.75 Å². The topological polar surface area (TPSA) is 44.7 Å². The number of phenols is 1. The van der Waals surface area contributed by atoms with Crippen LogP contribution in [0.25, 0.3) is 0 Å². The molecular weight excluding hydrogens is 351 g/mol. The maximum Gasteiger partial charge on any atom is 0.165 e. The van der Waals surface area contributed by atoms with Crippen LogP contribution in [0.4, 0.5) is 4.39 Å². The third-order valence-electron chi connectivity index (χ3n) is 4.67. The minimum absolute atomic E-state index is 0.0241. The van der Waals surface area contributed by atoms with Gasteiger partial charge in [-0.15, -0.1) is 0 Å². The lowest BCUT2D eigenvalue weighted by Gasteiger charge is -2.41. The number of hydrogen-bond acceptors (Lipinski definition) is 4. The van der Waals surface area contributed by atoms with E-state index in [0.29, 0.717) is 11.5 Å². The van der Waals surface area contributed by atoms with Crippen LogP contribution in [-0.4, -0.2) is 49.4 Å². The molecule has 1 atom stereocenters. The summed E-state index contributed by atoms with van der Waals surface area (Å²) in [5.74, 6) is -0.398. The maximum absolute atomic E-state index is 13.9. The van der Waals surface area contributed by atoms with Gasteiger partial charge < -0.3 is 15.2 Å². The SMILES string of the molecule is Oc1c(F)ccc(Br)c1[C@@H](C1CCOCC1)N1CCNCC1. The smallest absolute Gasteiger partial charge is 0.165 e. The molecule has 0 radical (unpaired) electrons. The molecule has 2 aliphatic rings. The Morgan fingerprint density at radius 3 is 2.64 bits per heavy atom. The van der Waals surface area contributed by atoms with Gasteiger partial charge in [-0.05, 0) is 30.9 Å². The molecule has 2 heterocycles. The zero-order valence-corrected chi connectivity index (χ0v) is 14.1. The van der Waals surface area contributed by atoms with Crippen LogP contribution < -0.4 is 5.32 Å². The molecule has 1 aromatic carbocycles. The Balaban J connectivity index is 1.98. The molecule has 0 aliphatic carbocycles. The Bertz CT molecular complexity index is 499. The lowest BCUT2D eigenvalue weighted by atomic mass is 9.85. The highest BCUT2D eigenvalue weighted by molar-refractivity contribution is 9.10. The zero-order chi connectivity index (χ0) is 15.5. The second-order valence-electron chi connectivity index (χ2n) is 5.97. The average Bonchev–Trinajstić information content (AvgIpc) is 2.57. The number of hydrogen-bond donors (Lipinski definition) is 2. The summed E-state index contributed by atoms with van der Waals surface area (Å²) >= 11 is 3.51. The molecule has 0 saturated carbocycles. The van der Waals surface area contributed by atoms with Crippen molar-refractivity contribution in [2.24, 2.45) is 5.92 Å². The number of phenolic OH excluding ortho intramolecular Hbond substituents is 1. The van der Waals surface area contributed by atoms with E-state index in [0.717, 1.165) is 56.7 Å². The summed E-state index contributed by atoms with van der Waals surface area (Å²) in [6, 6.07) is 3.02. The van der Waals surface area contributed by atoms with E-state index >= 15 is 0 Å². The zero-order valence-electron chi connectivity index (χ0n) is 12.5. The minimum atomic E-state index is -0.551. The van der Waals surface area contributed by atoms with Crippen LogP contribution in [0.1, 0.15) is 24.4 Å². The highest BCUT2D eigenvalue weighted by Crippen LogP contribution is 2.43. The molecule has 0 unspecified atom stereocenters. The first kappa shape index (κ1) is 16.2. The summed E-state index contributed by atoms with van der Waals surface area (Å²) in [6.07, 6.45) is 1.88. The van der Waals surface area contributed by atoms with Crippen molar-refractivity contribution in [3.63, 3.8) is 0 Å². The third kappa shape index (κ3) is 3.30. The molecule has 2 aliphatic heterocycles. The van der Waals surface area contributed by atoms with Gasteiger partial charge in [-0.25, -0.2) is 4.39 Å². The monoisotopic (exact) mass is 372 g/mol. The van der Waals surface area contributed by atoms with E-state index in [4.69, 9.17) is 4.74 Å².